The molecule has 13 heavy (non-hydrogen) atoms. The van der Waals surface area contributed by atoms with E-state index in [9.17, 15) is 10.0 Å². The Morgan fingerprint density at radius 2 is 2.31 bits per heavy atom. The van der Waals surface area contributed by atoms with Crippen molar-refractivity contribution in [2.45, 2.75) is 20.8 Å². The Bertz CT molecular complexity index is 238. The van der Waals surface area contributed by atoms with Gasteiger partial charge in [-0.25, -0.2) is 9.97 Å². The number of rotatable bonds is 2. The highest BCUT2D eigenvalue weighted by Gasteiger charge is 2.25. The number of nitrogens with one attached hydrogen (secondary N) is 2. The number of amides is 2. The topological polar surface area (TPSA) is 59.8 Å². The Balaban J connectivity index is 2.71. The molecule has 0 bridgehead atoms. The molecule has 5 heteroatoms. The van der Waals surface area contributed by atoms with E-state index in [2.05, 4.69) is 5.32 Å². The first kappa shape index (κ1) is 10.0. The van der Waals surface area contributed by atoms with Gasteiger partial charge in [0, 0.05) is 6.92 Å². The number of hydroxylamine groups is 1. The van der Waals surface area contributed by atoms with Gasteiger partial charge in [-0.1, -0.05) is 13.8 Å². The van der Waals surface area contributed by atoms with Crippen LogP contribution in [0.25, 0.3) is 0 Å². The van der Waals surface area contributed by atoms with Crippen molar-refractivity contribution < 1.29 is 9.97 Å². The molecule has 0 aromatic carbocycles. The Morgan fingerprint density at radius 1 is 1.69 bits per heavy atom. The average molecular weight is 185 g/mol. The molecule has 1 rings (SSSR count). The van der Waals surface area contributed by atoms with Gasteiger partial charge < -0.3 is 10.5 Å². The number of hydrogen-bond acceptors (Lipinski definition) is 2. The molecule has 1 unspecified atom stereocenters. The van der Waals surface area contributed by atoms with Crippen LogP contribution < -0.4 is 10.5 Å². The third-order valence-electron chi connectivity index (χ3n) is 1.79. The Morgan fingerprint density at radius 3 is 2.85 bits per heavy atom. The van der Waals surface area contributed by atoms with Crippen LogP contribution in [0.5, 0.6) is 0 Å². The maximum absolute atomic E-state index is 11.5. The highest BCUT2D eigenvalue weighted by Crippen LogP contribution is 1.97. The lowest BCUT2D eigenvalue weighted by Crippen LogP contribution is -3.14. The predicted octanol–water partition coefficient (Wildman–Crippen LogP) is -0.173. The molecule has 0 aliphatic carbocycles. The third-order valence-corrected chi connectivity index (χ3v) is 1.79. The zero-order valence-electron chi connectivity index (χ0n) is 8.13. The van der Waals surface area contributed by atoms with E-state index in [0.717, 1.165) is 0 Å². The molecule has 1 aliphatic heterocycles. The molecular weight excluding hydrogens is 170 g/mol. The van der Waals surface area contributed by atoms with E-state index in [1.807, 2.05) is 13.8 Å². The van der Waals surface area contributed by atoms with Crippen molar-refractivity contribution in [3.05, 3.63) is 17.1 Å². The van der Waals surface area contributed by atoms with Crippen molar-refractivity contribution >= 4 is 6.03 Å². The van der Waals surface area contributed by atoms with E-state index in [1.54, 1.807) is 6.92 Å². The lowest BCUT2D eigenvalue weighted by molar-refractivity contribution is -0.924. The van der Waals surface area contributed by atoms with Crippen molar-refractivity contribution in [1.29, 1.82) is 0 Å². The van der Waals surface area contributed by atoms with Crippen LogP contribution in [0.3, 0.4) is 0 Å². The second-order valence-corrected chi connectivity index (χ2v) is 3.59. The molecule has 2 amide bonds. The number of nitrogens with zero attached hydrogens (tertiary/aromatic N) is 1. The summed E-state index contributed by atoms with van der Waals surface area (Å²) in [7, 11) is 0. The standard InChI is InChI=1S/C8H15N3O2/c1-6(2)5-10-8(12)9-4-7(3)11(10)13/h4,6,11H,5H2,1-3H3,(H,9,12). The first-order chi connectivity index (χ1) is 6.02. The van der Waals surface area contributed by atoms with Gasteiger partial charge in [-0.2, -0.15) is 5.01 Å². The zero-order chi connectivity index (χ0) is 10.0. The average Bonchev–Trinajstić information content (AvgIpc) is 2.05. The summed E-state index contributed by atoms with van der Waals surface area (Å²) in [5, 5.41) is 15.0. The molecule has 1 aliphatic rings. The molecule has 0 aromatic rings. The zero-order valence-corrected chi connectivity index (χ0v) is 8.13. The second kappa shape index (κ2) is 3.76. The fraction of sp³-hybridized carbons (Fsp3) is 0.625. The van der Waals surface area contributed by atoms with E-state index in [4.69, 9.17) is 0 Å². The van der Waals surface area contributed by atoms with E-state index in [1.165, 1.54) is 11.2 Å². The van der Waals surface area contributed by atoms with Crippen LogP contribution in [0.2, 0.25) is 0 Å². The van der Waals surface area contributed by atoms with Gasteiger partial charge in [-0.15, -0.1) is 0 Å². The van der Waals surface area contributed by atoms with Crippen molar-refractivity contribution in [2.75, 3.05) is 6.54 Å². The number of allylic oxidation sites excluding steroid dienone is 1. The molecule has 1 heterocycles. The van der Waals surface area contributed by atoms with Crippen molar-refractivity contribution in [1.82, 2.24) is 10.3 Å². The fourth-order valence-electron chi connectivity index (χ4n) is 1.15. The molecule has 0 fully saturated rings. The molecule has 74 valence electrons. The summed E-state index contributed by atoms with van der Waals surface area (Å²) < 4.78 is 0. The molecular formula is C8H15N3O2. The lowest BCUT2D eigenvalue weighted by Gasteiger charge is -2.36. The highest BCUT2D eigenvalue weighted by molar-refractivity contribution is 5.74. The van der Waals surface area contributed by atoms with Crippen molar-refractivity contribution in [2.24, 2.45) is 5.92 Å². The van der Waals surface area contributed by atoms with Crippen LogP contribution >= 0.6 is 0 Å². The second-order valence-electron chi connectivity index (χ2n) is 3.59. The smallest absolute Gasteiger partial charge is 0.366 e. The molecule has 1 atom stereocenters. The van der Waals surface area contributed by atoms with Crippen LogP contribution in [0.15, 0.2) is 11.9 Å². The fourth-order valence-corrected chi connectivity index (χ4v) is 1.15. The third kappa shape index (κ3) is 2.19. The number of carbonyl (C=O) groups is 1. The number of hydrogen-bond donors (Lipinski definition) is 2. The molecule has 0 aromatic heterocycles. The largest absolute Gasteiger partial charge is 0.603 e. The minimum absolute atomic E-state index is 0.197. The van der Waals surface area contributed by atoms with Crippen LogP contribution in [-0.4, -0.2) is 17.6 Å². The minimum Gasteiger partial charge on any atom is -0.603 e. The molecule has 0 spiro atoms. The van der Waals surface area contributed by atoms with Crippen molar-refractivity contribution in [3.63, 3.8) is 0 Å². The molecule has 0 saturated heterocycles. The maximum atomic E-state index is 11.5. The van der Waals surface area contributed by atoms with Gasteiger partial charge in [-0.3, -0.25) is 0 Å². The first-order valence-electron chi connectivity index (χ1n) is 4.31. The van der Waals surface area contributed by atoms with Crippen LogP contribution in [0.4, 0.5) is 4.79 Å². The summed E-state index contributed by atoms with van der Waals surface area (Å²) in [5.74, 6) is 0.292. The molecule has 0 saturated carbocycles. The number of urea groups is 1. The monoisotopic (exact) mass is 185 g/mol. The van der Waals surface area contributed by atoms with Gasteiger partial charge in [0.2, 0.25) is 0 Å². The summed E-state index contributed by atoms with van der Waals surface area (Å²) in [4.78, 5) is 11.2. The lowest BCUT2D eigenvalue weighted by atomic mass is 10.2. The van der Waals surface area contributed by atoms with Crippen LogP contribution in [-0.2, 0) is 0 Å². The number of quaternary nitrogens is 1. The summed E-state index contributed by atoms with van der Waals surface area (Å²) in [6.45, 7) is 6.09. The SMILES string of the molecule is CC1=CNC(=O)N(CC(C)C)[NH+]1[O-]. The van der Waals surface area contributed by atoms with Crippen LogP contribution in [0, 0.1) is 11.1 Å². The maximum Gasteiger partial charge on any atom is 0.366 e. The predicted molar refractivity (Wildman–Crippen MR) is 48.2 cm³/mol. The minimum atomic E-state index is -0.329. The summed E-state index contributed by atoms with van der Waals surface area (Å²) in [6.07, 6.45) is 1.45. The van der Waals surface area contributed by atoms with Gasteiger partial charge in [-0.05, 0) is 5.92 Å². The van der Waals surface area contributed by atoms with Gasteiger partial charge in [0.25, 0.3) is 0 Å². The van der Waals surface area contributed by atoms with E-state index >= 15 is 0 Å². The summed E-state index contributed by atoms with van der Waals surface area (Å²) in [6, 6.07) is -0.329. The molecule has 2 N–H and O–H groups in total. The summed E-state index contributed by atoms with van der Waals surface area (Å²) in [5.41, 5.74) is 0.570. The van der Waals surface area contributed by atoms with Crippen molar-refractivity contribution in [3.8, 4) is 0 Å². The van der Waals surface area contributed by atoms with Crippen LogP contribution in [0.1, 0.15) is 20.8 Å². The Hall–Kier alpha value is -1.07. The van der Waals surface area contributed by atoms with Gasteiger partial charge in [0.05, 0.1) is 12.7 Å². The Kier molecular flexibility index (Phi) is 2.90. The quantitative estimate of drug-likeness (QED) is 0.587. The number of carbonyl (C=O) groups excluding carboxylic acids is 1. The molecule has 0 radical (unpaired) electrons. The van der Waals surface area contributed by atoms with E-state index < -0.39 is 0 Å². The van der Waals surface area contributed by atoms with E-state index in [0.29, 0.717) is 18.2 Å². The summed E-state index contributed by atoms with van der Waals surface area (Å²) >= 11 is 0. The van der Waals surface area contributed by atoms with Gasteiger partial charge in [0.15, 0.2) is 0 Å². The molecule has 5 nitrogen and oxygen atoms in total. The Labute approximate surface area is 77.5 Å². The highest BCUT2D eigenvalue weighted by atomic mass is 16.6. The van der Waals surface area contributed by atoms with Gasteiger partial charge in [0.1, 0.15) is 5.70 Å². The normalized spacial score (nSPS) is 23.2. The van der Waals surface area contributed by atoms with Gasteiger partial charge >= 0.3 is 6.03 Å². The first-order valence-corrected chi connectivity index (χ1v) is 4.31. The van der Waals surface area contributed by atoms with E-state index in [-0.39, 0.29) is 11.2 Å².